The van der Waals surface area contributed by atoms with E-state index in [-0.39, 0.29) is 0 Å². The summed E-state index contributed by atoms with van der Waals surface area (Å²) in [6.07, 6.45) is 1.74. The van der Waals surface area contributed by atoms with Gasteiger partial charge in [0.1, 0.15) is 5.15 Å². The summed E-state index contributed by atoms with van der Waals surface area (Å²) >= 11 is 9.13. The first-order valence-electron chi connectivity index (χ1n) is 4.58. The first-order valence-corrected chi connectivity index (χ1v) is 5.75. The average Bonchev–Trinajstić information content (AvgIpc) is 2.11. The number of halogens is 2. The smallest absolute Gasteiger partial charge is 0.143 e. The molecular formula is C10H14BrClN2. The maximum absolute atomic E-state index is 5.79. The van der Waals surface area contributed by atoms with Crippen molar-refractivity contribution in [1.82, 2.24) is 4.98 Å². The SMILES string of the molecule is CC(C)C(C)Nc1cnc(Cl)c(Br)c1. The van der Waals surface area contributed by atoms with Crippen LogP contribution in [0.2, 0.25) is 5.15 Å². The topological polar surface area (TPSA) is 24.9 Å². The molecule has 0 saturated carbocycles. The van der Waals surface area contributed by atoms with Gasteiger partial charge in [0.2, 0.25) is 0 Å². The Morgan fingerprint density at radius 1 is 1.43 bits per heavy atom. The standard InChI is InChI=1S/C10H14BrClN2/c1-6(2)7(3)14-8-4-9(11)10(12)13-5-8/h4-7,14H,1-3H3. The van der Waals surface area contributed by atoms with E-state index < -0.39 is 0 Å². The minimum absolute atomic E-state index is 0.421. The molecule has 0 aromatic carbocycles. The zero-order chi connectivity index (χ0) is 10.7. The van der Waals surface area contributed by atoms with Gasteiger partial charge in [0.15, 0.2) is 0 Å². The van der Waals surface area contributed by atoms with Crippen LogP contribution in [0.15, 0.2) is 16.7 Å². The Labute approximate surface area is 98.2 Å². The van der Waals surface area contributed by atoms with Crippen LogP contribution >= 0.6 is 27.5 Å². The van der Waals surface area contributed by atoms with Crippen molar-refractivity contribution in [1.29, 1.82) is 0 Å². The number of rotatable bonds is 3. The second kappa shape index (κ2) is 4.99. The van der Waals surface area contributed by atoms with Crippen molar-refractivity contribution in [3.63, 3.8) is 0 Å². The third-order valence-corrected chi connectivity index (χ3v) is 3.32. The molecule has 1 aromatic heterocycles. The summed E-state index contributed by atoms with van der Waals surface area (Å²) in [5.74, 6) is 0.587. The number of hydrogen-bond donors (Lipinski definition) is 1. The normalized spacial score (nSPS) is 13.0. The minimum atomic E-state index is 0.421. The second-order valence-corrected chi connectivity index (χ2v) is 4.89. The number of aromatic nitrogens is 1. The van der Waals surface area contributed by atoms with Gasteiger partial charge in [0.05, 0.1) is 16.4 Å². The molecule has 1 unspecified atom stereocenters. The van der Waals surface area contributed by atoms with Crippen molar-refractivity contribution in [2.45, 2.75) is 26.8 Å². The monoisotopic (exact) mass is 276 g/mol. The van der Waals surface area contributed by atoms with E-state index >= 15 is 0 Å². The maximum Gasteiger partial charge on any atom is 0.143 e. The highest BCUT2D eigenvalue weighted by Gasteiger charge is 2.07. The van der Waals surface area contributed by atoms with Crippen molar-refractivity contribution < 1.29 is 0 Å². The van der Waals surface area contributed by atoms with Gasteiger partial charge in [-0.05, 0) is 34.8 Å². The highest BCUT2D eigenvalue weighted by molar-refractivity contribution is 9.10. The zero-order valence-electron chi connectivity index (χ0n) is 8.51. The number of nitrogens with one attached hydrogen (secondary N) is 1. The summed E-state index contributed by atoms with van der Waals surface area (Å²) in [6.45, 7) is 6.50. The molecular weight excluding hydrogens is 263 g/mol. The van der Waals surface area contributed by atoms with E-state index in [9.17, 15) is 0 Å². The number of hydrogen-bond acceptors (Lipinski definition) is 2. The van der Waals surface area contributed by atoms with E-state index in [2.05, 4.69) is 47.0 Å². The first kappa shape index (κ1) is 11.8. The van der Waals surface area contributed by atoms with Crippen LogP contribution < -0.4 is 5.32 Å². The molecule has 0 aliphatic carbocycles. The van der Waals surface area contributed by atoms with Crippen LogP contribution in [-0.4, -0.2) is 11.0 Å². The van der Waals surface area contributed by atoms with Crippen molar-refractivity contribution in [3.8, 4) is 0 Å². The third-order valence-electron chi connectivity index (χ3n) is 2.19. The number of anilines is 1. The molecule has 0 fully saturated rings. The van der Waals surface area contributed by atoms with Crippen molar-refractivity contribution in [2.24, 2.45) is 5.92 Å². The molecule has 1 atom stereocenters. The molecule has 0 aliphatic rings. The largest absolute Gasteiger partial charge is 0.381 e. The maximum atomic E-state index is 5.79. The van der Waals surface area contributed by atoms with Gasteiger partial charge >= 0.3 is 0 Å². The minimum Gasteiger partial charge on any atom is -0.381 e. The molecule has 0 bridgehead atoms. The quantitative estimate of drug-likeness (QED) is 0.846. The predicted molar refractivity (Wildman–Crippen MR) is 64.9 cm³/mol. The second-order valence-electron chi connectivity index (χ2n) is 3.67. The predicted octanol–water partition coefficient (Wildman–Crippen LogP) is 3.95. The van der Waals surface area contributed by atoms with Gasteiger partial charge < -0.3 is 5.32 Å². The Morgan fingerprint density at radius 3 is 2.57 bits per heavy atom. The van der Waals surface area contributed by atoms with Crippen molar-refractivity contribution in [2.75, 3.05) is 5.32 Å². The summed E-state index contributed by atoms with van der Waals surface area (Å²) in [6, 6.07) is 2.36. The number of nitrogens with zero attached hydrogens (tertiary/aromatic N) is 1. The molecule has 1 heterocycles. The fourth-order valence-corrected chi connectivity index (χ4v) is 1.38. The lowest BCUT2D eigenvalue weighted by atomic mass is 10.1. The fourth-order valence-electron chi connectivity index (χ4n) is 0.930. The Bertz CT molecular complexity index is 315. The lowest BCUT2D eigenvalue weighted by molar-refractivity contribution is 0.560. The highest BCUT2D eigenvalue weighted by Crippen LogP contribution is 2.23. The van der Waals surface area contributed by atoms with E-state index in [1.807, 2.05) is 6.07 Å². The van der Waals surface area contributed by atoms with Crippen LogP contribution in [0.1, 0.15) is 20.8 Å². The van der Waals surface area contributed by atoms with Crippen LogP contribution in [0, 0.1) is 5.92 Å². The molecule has 14 heavy (non-hydrogen) atoms. The van der Waals surface area contributed by atoms with Crippen molar-refractivity contribution in [3.05, 3.63) is 21.9 Å². The molecule has 0 radical (unpaired) electrons. The Hall–Kier alpha value is -0.280. The van der Waals surface area contributed by atoms with E-state index in [1.54, 1.807) is 6.20 Å². The van der Waals surface area contributed by atoms with Gasteiger partial charge in [0, 0.05) is 6.04 Å². The molecule has 4 heteroatoms. The summed E-state index contributed by atoms with van der Waals surface area (Å²) in [5, 5.41) is 3.85. The van der Waals surface area contributed by atoms with Crippen molar-refractivity contribution >= 4 is 33.2 Å². The molecule has 0 aliphatic heterocycles. The van der Waals surface area contributed by atoms with E-state index in [4.69, 9.17) is 11.6 Å². The van der Waals surface area contributed by atoms with Gasteiger partial charge in [-0.1, -0.05) is 25.4 Å². The molecule has 0 saturated heterocycles. The first-order chi connectivity index (χ1) is 6.50. The Kier molecular flexibility index (Phi) is 4.20. The molecule has 0 amide bonds. The molecule has 1 aromatic rings. The van der Waals surface area contributed by atoms with Gasteiger partial charge in [-0.2, -0.15) is 0 Å². The van der Waals surface area contributed by atoms with Gasteiger partial charge in [-0.15, -0.1) is 0 Å². The molecule has 0 spiro atoms. The number of pyridine rings is 1. The lowest BCUT2D eigenvalue weighted by Gasteiger charge is -2.18. The highest BCUT2D eigenvalue weighted by atomic mass is 79.9. The van der Waals surface area contributed by atoms with Gasteiger partial charge in [0.25, 0.3) is 0 Å². The summed E-state index contributed by atoms with van der Waals surface area (Å²) in [5.41, 5.74) is 0.988. The van der Waals surface area contributed by atoms with Crippen LogP contribution in [0.4, 0.5) is 5.69 Å². The molecule has 1 rings (SSSR count). The summed E-state index contributed by atoms with van der Waals surface area (Å²) in [4.78, 5) is 4.05. The average molecular weight is 278 g/mol. The summed E-state index contributed by atoms with van der Waals surface area (Å²) in [7, 11) is 0. The third kappa shape index (κ3) is 3.14. The van der Waals surface area contributed by atoms with E-state index in [1.165, 1.54) is 0 Å². The van der Waals surface area contributed by atoms with Crippen LogP contribution in [-0.2, 0) is 0 Å². The van der Waals surface area contributed by atoms with Crippen LogP contribution in [0.25, 0.3) is 0 Å². The van der Waals surface area contributed by atoms with Gasteiger partial charge in [-0.3, -0.25) is 0 Å². The Morgan fingerprint density at radius 2 is 2.07 bits per heavy atom. The van der Waals surface area contributed by atoms with Crippen LogP contribution in [0.5, 0.6) is 0 Å². The van der Waals surface area contributed by atoms with E-state index in [0.29, 0.717) is 17.1 Å². The molecule has 1 N–H and O–H groups in total. The molecule has 2 nitrogen and oxygen atoms in total. The van der Waals surface area contributed by atoms with Crippen LogP contribution in [0.3, 0.4) is 0 Å². The Balaban J connectivity index is 2.73. The summed E-state index contributed by atoms with van der Waals surface area (Å²) < 4.78 is 0.820. The van der Waals surface area contributed by atoms with E-state index in [0.717, 1.165) is 10.2 Å². The lowest BCUT2D eigenvalue weighted by Crippen LogP contribution is -2.21. The van der Waals surface area contributed by atoms with Gasteiger partial charge in [-0.25, -0.2) is 4.98 Å². The zero-order valence-corrected chi connectivity index (χ0v) is 10.9. The molecule has 78 valence electrons. The fraction of sp³-hybridized carbons (Fsp3) is 0.500.